The first-order chi connectivity index (χ1) is 9.89. The number of nitrogens with one attached hydrogen (secondary N) is 1. The molecule has 0 bridgehead atoms. The van der Waals surface area contributed by atoms with Crippen LogP contribution in [-0.2, 0) is 21.1 Å². The van der Waals surface area contributed by atoms with Gasteiger partial charge in [-0.05, 0) is 31.6 Å². The SMILES string of the molecule is CCc1nc(C)ccc1OCC(=O)NC1C=CS(=O)(=O)C1. The molecule has 1 aromatic heterocycles. The van der Waals surface area contributed by atoms with Crippen molar-refractivity contribution in [2.24, 2.45) is 0 Å². The van der Waals surface area contributed by atoms with Gasteiger partial charge in [-0.1, -0.05) is 6.92 Å². The highest BCUT2D eigenvalue weighted by molar-refractivity contribution is 7.94. The van der Waals surface area contributed by atoms with Gasteiger partial charge in [0.05, 0.1) is 17.5 Å². The summed E-state index contributed by atoms with van der Waals surface area (Å²) in [7, 11) is -3.17. The molecule has 114 valence electrons. The van der Waals surface area contributed by atoms with Gasteiger partial charge in [-0.15, -0.1) is 0 Å². The number of carbonyl (C=O) groups excluding carboxylic acids is 1. The smallest absolute Gasteiger partial charge is 0.258 e. The number of ether oxygens (including phenoxy) is 1. The largest absolute Gasteiger partial charge is 0.482 e. The summed E-state index contributed by atoms with van der Waals surface area (Å²) in [5.74, 6) is 0.127. The standard InChI is InChI=1S/C14H18N2O4S/c1-3-12-13(5-4-10(2)15-12)20-8-14(17)16-11-6-7-21(18,19)9-11/h4-7,11H,3,8-9H2,1-2H3,(H,16,17). The van der Waals surface area contributed by atoms with Gasteiger partial charge in [-0.2, -0.15) is 0 Å². The Morgan fingerprint density at radius 3 is 2.86 bits per heavy atom. The van der Waals surface area contributed by atoms with E-state index in [1.54, 1.807) is 6.07 Å². The first-order valence-corrected chi connectivity index (χ1v) is 8.41. The minimum Gasteiger partial charge on any atom is -0.482 e. The molecule has 0 radical (unpaired) electrons. The van der Waals surface area contributed by atoms with Gasteiger partial charge < -0.3 is 10.1 Å². The summed E-state index contributed by atoms with van der Waals surface area (Å²) in [6, 6.07) is 3.13. The van der Waals surface area contributed by atoms with Crippen LogP contribution in [0.25, 0.3) is 0 Å². The number of pyridine rings is 1. The van der Waals surface area contributed by atoms with Gasteiger partial charge in [0.2, 0.25) is 0 Å². The van der Waals surface area contributed by atoms with Crippen LogP contribution in [-0.4, -0.2) is 37.7 Å². The van der Waals surface area contributed by atoms with Crippen molar-refractivity contribution in [3.63, 3.8) is 0 Å². The summed E-state index contributed by atoms with van der Waals surface area (Å²) in [5, 5.41) is 3.73. The van der Waals surface area contributed by atoms with E-state index in [-0.39, 0.29) is 18.3 Å². The highest BCUT2D eigenvalue weighted by atomic mass is 32.2. The van der Waals surface area contributed by atoms with Crippen molar-refractivity contribution in [2.45, 2.75) is 26.3 Å². The van der Waals surface area contributed by atoms with Crippen LogP contribution in [0.15, 0.2) is 23.6 Å². The maximum atomic E-state index is 11.8. The molecule has 0 aromatic carbocycles. The van der Waals surface area contributed by atoms with Crippen molar-refractivity contribution in [1.82, 2.24) is 10.3 Å². The normalized spacial score (nSPS) is 19.4. The second kappa shape index (κ2) is 6.26. The zero-order valence-corrected chi connectivity index (χ0v) is 12.8. The summed E-state index contributed by atoms with van der Waals surface area (Å²) in [5.41, 5.74) is 1.69. The Bertz CT molecular complexity index is 668. The van der Waals surface area contributed by atoms with Gasteiger partial charge in [0.1, 0.15) is 5.75 Å². The van der Waals surface area contributed by atoms with E-state index in [4.69, 9.17) is 4.74 Å². The van der Waals surface area contributed by atoms with Crippen molar-refractivity contribution < 1.29 is 17.9 Å². The molecule has 2 heterocycles. The van der Waals surface area contributed by atoms with Crippen molar-refractivity contribution in [2.75, 3.05) is 12.4 Å². The zero-order valence-electron chi connectivity index (χ0n) is 12.0. The van der Waals surface area contributed by atoms with Crippen molar-refractivity contribution in [3.8, 4) is 5.75 Å². The van der Waals surface area contributed by atoms with Gasteiger partial charge in [0.25, 0.3) is 5.91 Å². The molecule has 1 amide bonds. The molecule has 7 heteroatoms. The lowest BCUT2D eigenvalue weighted by Gasteiger charge is -2.12. The fourth-order valence-corrected chi connectivity index (χ4v) is 3.28. The molecule has 6 nitrogen and oxygen atoms in total. The van der Waals surface area contributed by atoms with Crippen LogP contribution in [0.2, 0.25) is 0 Å². The molecule has 0 aliphatic carbocycles. The lowest BCUT2D eigenvalue weighted by atomic mass is 10.2. The van der Waals surface area contributed by atoms with Crippen LogP contribution < -0.4 is 10.1 Å². The van der Waals surface area contributed by atoms with E-state index in [2.05, 4.69) is 10.3 Å². The molecule has 21 heavy (non-hydrogen) atoms. The van der Waals surface area contributed by atoms with Gasteiger partial charge in [-0.25, -0.2) is 8.42 Å². The highest BCUT2D eigenvalue weighted by Crippen LogP contribution is 2.17. The Morgan fingerprint density at radius 2 is 2.24 bits per heavy atom. The van der Waals surface area contributed by atoms with E-state index in [0.29, 0.717) is 12.2 Å². The average molecular weight is 310 g/mol. The number of aryl methyl sites for hydroxylation is 2. The predicted octanol–water partition coefficient (Wildman–Crippen LogP) is 0.758. The van der Waals surface area contributed by atoms with Gasteiger partial charge in [-0.3, -0.25) is 9.78 Å². The van der Waals surface area contributed by atoms with Crippen molar-refractivity contribution in [1.29, 1.82) is 0 Å². The Balaban J connectivity index is 1.89. The van der Waals surface area contributed by atoms with Crippen LogP contribution >= 0.6 is 0 Å². The molecular formula is C14H18N2O4S. The van der Waals surface area contributed by atoms with Crippen LogP contribution in [0.1, 0.15) is 18.3 Å². The van der Waals surface area contributed by atoms with E-state index in [9.17, 15) is 13.2 Å². The zero-order chi connectivity index (χ0) is 15.5. The van der Waals surface area contributed by atoms with E-state index in [1.807, 2.05) is 19.9 Å². The van der Waals surface area contributed by atoms with Crippen molar-refractivity contribution >= 4 is 15.7 Å². The highest BCUT2D eigenvalue weighted by Gasteiger charge is 2.23. The second-order valence-electron chi connectivity index (χ2n) is 4.87. The molecule has 0 fully saturated rings. The van der Waals surface area contributed by atoms with E-state index in [1.165, 1.54) is 6.08 Å². The first-order valence-electron chi connectivity index (χ1n) is 6.69. The van der Waals surface area contributed by atoms with E-state index >= 15 is 0 Å². The number of sulfone groups is 1. The molecule has 1 aliphatic heterocycles. The van der Waals surface area contributed by atoms with Gasteiger partial charge >= 0.3 is 0 Å². The maximum absolute atomic E-state index is 11.8. The number of hydrogen-bond acceptors (Lipinski definition) is 5. The van der Waals surface area contributed by atoms with Crippen LogP contribution in [0, 0.1) is 6.92 Å². The van der Waals surface area contributed by atoms with Crippen LogP contribution in [0.5, 0.6) is 5.75 Å². The minimum absolute atomic E-state index is 0.0922. The Morgan fingerprint density at radius 1 is 1.48 bits per heavy atom. The molecule has 0 spiro atoms. The quantitative estimate of drug-likeness (QED) is 0.868. The van der Waals surface area contributed by atoms with E-state index < -0.39 is 15.9 Å². The molecule has 1 unspecified atom stereocenters. The second-order valence-corrected chi connectivity index (χ2v) is 6.80. The maximum Gasteiger partial charge on any atom is 0.258 e. The lowest BCUT2D eigenvalue weighted by Crippen LogP contribution is -2.38. The summed E-state index contributed by atoms with van der Waals surface area (Å²) in [4.78, 5) is 16.1. The third-order valence-corrected chi connectivity index (χ3v) is 4.44. The summed E-state index contributed by atoms with van der Waals surface area (Å²) in [6.07, 6.45) is 2.18. The number of carbonyl (C=O) groups is 1. The van der Waals surface area contributed by atoms with Gasteiger partial charge in [0.15, 0.2) is 16.4 Å². The fourth-order valence-electron chi connectivity index (χ4n) is 2.04. The molecule has 1 aliphatic rings. The Kier molecular flexibility index (Phi) is 4.62. The number of aromatic nitrogens is 1. The van der Waals surface area contributed by atoms with Gasteiger partial charge in [0, 0.05) is 11.1 Å². The first kappa shape index (κ1) is 15.5. The minimum atomic E-state index is -3.17. The molecule has 2 rings (SSSR count). The van der Waals surface area contributed by atoms with Crippen LogP contribution in [0.3, 0.4) is 0 Å². The summed E-state index contributed by atoms with van der Waals surface area (Å²) < 4.78 is 27.9. The number of hydrogen-bond donors (Lipinski definition) is 1. The topological polar surface area (TPSA) is 85.4 Å². The number of nitrogens with zero attached hydrogens (tertiary/aromatic N) is 1. The monoisotopic (exact) mass is 310 g/mol. The average Bonchev–Trinajstić information content (AvgIpc) is 2.76. The molecule has 1 aromatic rings. The molecule has 1 atom stereocenters. The predicted molar refractivity (Wildman–Crippen MR) is 78.7 cm³/mol. The van der Waals surface area contributed by atoms with Crippen LogP contribution in [0.4, 0.5) is 0 Å². The molecular weight excluding hydrogens is 292 g/mol. The Hall–Kier alpha value is -1.89. The molecule has 0 saturated heterocycles. The Labute approximate surface area is 124 Å². The number of rotatable bonds is 5. The third kappa shape index (κ3) is 4.29. The number of amides is 1. The summed E-state index contributed by atoms with van der Waals surface area (Å²) >= 11 is 0. The third-order valence-electron chi connectivity index (χ3n) is 3.04. The summed E-state index contributed by atoms with van der Waals surface area (Å²) in [6.45, 7) is 3.69. The lowest BCUT2D eigenvalue weighted by molar-refractivity contribution is -0.123. The van der Waals surface area contributed by atoms with Crippen molar-refractivity contribution in [3.05, 3.63) is 35.0 Å². The molecule has 0 saturated carbocycles. The molecule has 1 N–H and O–H groups in total. The van der Waals surface area contributed by atoms with E-state index in [0.717, 1.165) is 16.8 Å². The fraction of sp³-hybridized carbons (Fsp3) is 0.429.